The Morgan fingerprint density at radius 2 is 1.80 bits per heavy atom. The summed E-state index contributed by atoms with van der Waals surface area (Å²) < 4.78 is 26.3. The van der Waals surface area contributed by atoms with E-state index >= 15 is 0 Å². The van der Waals surface area contributed by atoms with E-state index in [-0.39, 0.29) is 12.0 Å². The van der Waals surface area contributed by atoms with E-state index in [1.165, 1.54) is 6.07 Å². The molecule has 0 bridgehead atoms. The van der Waals surface area contributed by atoms with Crippen LogP contribution in [0, 0.1) is 11.6 Å². The molecule has 0 aliphatic heterocycles. The van der Waals surface area contributed by atoms with E-state index in [0.29, 0.717) is 10.6 Å². The van der Waals surface area contributed by atoms with Crippen LogP contribution in [0.3, 0.4) is 0 Å². The normalized spacial score (nSPS) is 12.2. The maximum atomic E-state index is 13.1. The average molecular weight is 297 g/mol. The summed E-state index contributed by atoms with van der Waals surface area (Å²) in [7, 11) is 0. The first kappa shape index (κ1) is 14.5. The maximum Gasteiger partial charge on any atom is 0.311 e. The third kappa shape index (κ3) is 3.54. The molecule has 0 radical (unpaired) electrons. The molecule has 2 nitrogen and oxygen atoms in total. The molecule has 0 heterocycles. The Labute approximate surface area is 119 Å². The molecule has 0 aliphatic rings. The molecule has 2 rings (SSSR count). The highest BCUT2D eigenvalue weighted by Gasteiger charge is 2.21. The number of carboxylic acids is 1. The zero-order valence-electron chi connectivity index (χ0n) is 10.3. The first-order valence-electron chi connectivity index (χ1n) is 5.89. The summed E-state index contributed by atoms with van der Waals surface area (Å²) in [5.41, 5.74) is 0.782. The van der Waals surface area contributed by atoms with Crippen molar-refractivity contribution >= 4 is 17.6 Å². The summed E-state index contributed by atoms with van der Waals surface area (Å²) in [6.45, 7) is 0. The van der Waals surface area contributed by atoms with Gasteiger partial charge in [0.25, 0.3) is 0 Å². The predicted molar refractivity (Wildman–Crippen MR) is 71.9 cm³/mol. The van der Waals surface area contributed by atoms with Gasteiger partial charge in [0, 0.05) is 11.1 Å². The number of carbonyl (C=O) groups is 1. The average Bonchev–Trinajstić information content (AvgIpc) is 2.34. The van der Waals surface area contributed by atoms with Gasteiger partial charge in [0.15, 0.2) is 0 Å². The number of benzene rings is 2. The summed E-state index contributed by atoms with van der Waals surface area (Å²) in [5, 5.41) is 9.70. The van der Waals surface area contributed by atoms with Gasteiger partial charge in [-0.3, -0.25) is 4.79 Å². The van der Waals surface area contributed by atoms with Crippen molar-refractivity contribution in [2.24, 2.45) is 0 Å². The highest BCUT2D eigenvalue weighted by Crippen LogP contribution is 2.24. The van der Waals surface area contributed by atoms with Crippen molar-refractivity contribution in [1.82, 2.24) is 0 Å². The zero-order chi connectivity index (χ0) is 14.7. The van der Waals surface area contributed by atoms with Gasteiger partial charge in [-0.2, -0.15) is 0 Å². The van der Waals surface area contributed by atoms with Crippen LogP contribution in [0.4, 0.5) is 8.78 Å². The molecule has 0 aromatic heterocycles. The lowest BCUT2D eigenvalue weighted by Gasteiger charge is -2.13. The second kappa shape index (κ2) is 6.01. The Balaban J connectivity index is 2.33. The van der Waals surface area contributed by atoms with Crippen LogP contribution >= 0.6 is 11.6 Å². The molecule has 0 saturated heterocycles. The standard InChI is InChI=1S/C15H11ClF2O2/c16-11-3-1-2-10(7-11)14(15(19)20)6-9-4-12(17)8-13(18)5-9/h1-5,7-8,14H,6H2,(H,19,20). The first-order valence-corrected chi connectivity index (χ1v) is 6.27. The fraction of sp³-hybridized carbons (Fsp3) is 0.133. The summed E-state index contributed by atoms with van der Waals surface area (Å²) in [6.07, 6.45) is -0.00957. The third-order valence-corrected chi connectivity index (χ3v) is 3.15. The van der Waals surface area contributed by atoms with Crippen LogP contribution in [0.1, 0.15) is 17.0 Å². The minimum Gasteiger partial charge on any atom is -0.481 e. The maximum absolute atomic E-state index is 13.1. The lowest BCUT2D eigenvalue weighted by Crippen LogP contribution is -2.14. The highest BCUT2D eigenvalue weighted by atomic mass is 35.5. The van der Waals surface area contributed by atoms with E-state index in [4.69, 9.17) is 11.6 Å². The smallest absolute Gasteiger partial charge is 0.311 e. The van der Waals surface area contributed by atoms with Crippen LogP contribution in [-0.4, -0.2) is 11.1 Å². The molecule has 0 spiro atoms. The second-order valence-corrected chi connectivity index (χ2v) is 4.86. The van der Waals surface area contributed by atoms with Gasteiger partial charge in [-0.1, -0.05) is 23.7 Å². The van der Waals surface area contributed by atoms with Crippen LogP contribution in [0.2, 0.25) is 5.02 Å². The van der Waals surface area contributed by atoms with Gasteiger partial charge in [0.1, 0.15) is 11.6 Å². The van der Waals surface area contributed by atoms with Crippen molar-refractivity contribution in [1.29, 1.82) is 0 Å². The number of hydrogen-bond donors (Lipinski definition) is 1. The summed E-state index contributed by atoms with van der Waals surface area (Å²) in [4.78, 5) is 11.4. The lowest BCUT2D eigenvalue weighted by atomic mass is 9.92. The van der Waals surface area contributed by atoms with Crippen molar-refractivity contribution in [3.63, 3.8) is 0 Å². The van der Waals surface area contributed by atoms with E-state index < -0.39 is 23.5 Å². The molecular weight excluding hydrogens is 286 g/mol. The molecule has 2 aromatic carbocycles. The topological polar surface area (TPSA) is 37.3 Å². The van der Waals surface area contributed by atoms with E-state index in [9.17, 15) is 18.7 Å². The van der Waals surface area contributed by atoms with Gasteiger partial charge in [0.2, 0.25) is 0 Å². The van der Waals surface area contributed by atoms with Gasteiger partial charge in [0.05, 0.1) is 5.92 Å². The van der Waals surface area contributed by atoms with Crippen molar-refractivity contribution in [2.45, 2.75) is 12.3 Å². The molecule has 5 heteroatoms. The number of aliphatic carboxylic acids is 1. The minimum absolute atomic E-state index is 0.00957. The van der Waals surface area contributed by atoms with Gasteiger partial charge >= 0.3 is 5.97 Å². The highest BCUT2D eigenvalue weighted by molar-refractivity contribution is 6.30. The number of halogens is 3. The van der Waals surface area contributed by atoms with Crippen LogP contribution in [0.5, 0.6) is 0 Å². The largest absolute Gasteiger partial charge is 0.481 e. The molecule has 0 fully saturated rings. The Morgan fingerprint density at radius 3 is 2.35 bits per heavy atom. The zero-order valence-corrected chi connectivity index (χ0v) is 11.1. The van der Waals surface area contributed by atoms with E-state index in [2.05, 4.69) is 0 Å². The van der Waals surface area contributed by atoms with Gasteiger partial charge in [-0.05, 0) is 41.8 Å². The summed E-state index contributed by atoms with van der Waals surface area (Å²) in [5.74, 6) is -3.43. The summed E-state index contributed by atoms with van der Waals surface area (Å²) in [6, 6.07) is 9.44. The molecule has 20 heavy (non-hydrogen) atoms. The molecule has 1 atom stereocenters. The number of carboxylic acid groups (broad SMARTS) is 1. The molecule has 1 unspecified atom stereocenters. The fourth-order valence-corrected chi connectivity index (χ4v) is 2.23. The van der Waals surface area contributed by atoms with Crippen molar-refractivity contribution in [3.8, 4) is 0 Å². The van der Waals surface area contributed by atoms with Crippen molar-refractivity contribution < 1.29 is 18.7 Å². The van der Waals surface area contributed by atoms with Crippen LogP contribution < -0.4 is 0 Å². The summed E-state index contributed by atoms with van der Waals surface area (Å²) >= 11 is 5.83. The number of hydrogen-bond acceptors (Lipinski definition) is 1. The first-order chi connectivity index (χ1) is 9.45. The molecule has 0 saturated carbocycles. The molecule has 0 amide bonds. The molecule has 104 valence electrons. The van der Waals surface area contributed by atoms with Gasteiger partial charge in [-0.15, -0.1) is 0 Å². The molecule has 2 aromatic rings. The van der Waals surface area contributed by atoms with E-state index in [0.717, 1.165) is 18.2 Å². The van der Waals surface area contributed by atoms with E-state index in [1.807, 2.05) is 0 Å². The second-order valence-electron chi connectivity index (χ2n) is 4.43. The fourth-order valence-electron chi connectivity index (χ4n) is 2.04. The lowest BCUT2D eigenvalue weighted by molar-refractivity contribution is -0.138. The Hall–Kier alpha value is -1.94. The van der Waals surface area contributed by atoms with Gasteiger partial charge < -0.3 is 5.11 Å². The Morgan fingerprint density at radius 1 is 1.15 bits per heavy atom. The third-order valence-electron chi connectivity index (χ3n) is 2.91. The molecular formula is C15H11ClF2O2. The Kier molecular flexibility index (Phi) is 4.35. The number of rotatable bonds is 4. The van der Waals surface area contributed by atoms with Crippen molar-refractivity contribution in [3.05, 3.63) is 70.2 Å². The monoisotopic (exact) mass is 296 g/mol. The van der Waals surface area contributed by atoms with Gasteiger partial charge in [-0.25, -0.2) is 8.78 Å². The van der Waals surface area contributed by atoms with Crippen molar-refractivity contribution in [2.75, 3.05) is 0 Å². The Bertz CT molecular complexity index is 623. The minimum atomic E-state index is -1.07. The molecule has 1 N–H and O–H groups in total. The SMILES string of the molecule is O=C(O)C(Cc1cc(F)cc(F)c1)c1cccc(Cl)c1. The van der Waals surface area contributed by atoms with Crippen LogP contribution in [0.15, 0.2) is 42.5 Å². The van der Waals surface area contributed by atoms with Crippen LogP contribution in [0.25, 0.3) is 0 Å². The van der Waals surface area contributed by atoms with E-state index in [1.54, 1.807) is 18.2 Å². The van der Waals surface area contributed by atoms with Crippen LogP contribution in [-0.2, 0) is 11.2 Å². The molecule has 0 aliphatic carbocycles. The predicted octanol–water partition coefficient (Wildman–Crippen LogP) is 4.03. The quantitative estimate of drug-likeness (QED) is 0.925.